The Morgan fingerprint density at radius 2 is 1.86 bits per heavy atom. The Kier molecular flexibility index (Phi) is 5.60. The second-order valence-corrected chi connectivity index (χ2v) is 10.5. The molecule has 1 N–H and O–H groups in total. The van der Waals surface area contributed by atoms with Gasteiger partial charge in [0.1, 0.15) is 5.82 Å². The smallest absolute Gasteiger partial charge is 0.380 e. The second kappa shape index (κ2) is 8.62. The van der Waals surface area contributed by atoms with Crippen molar-refractivity contribution in [3.05, 3.63) is 83.8 Å². The van der Waals surface area contributed by atoms with Crippen LogP contribution in [0.3, 0.4) is 0 Å². The van der Waals surface area contributed by atoms with E-state index in [4.69, 9.17) is 0 Å². The van der Waals surface area contributed by atoms with E-state index in [1.807, 2.05) is 0 Å². The van der Waals surface area contributed by atoms with Crippen LogP contribution in [0.5, 0.6) is 0 Å². The van der Waals surface area contributed by atoms with Crippen molar-refractivity contribution in [2.24, 2.45) is 5.92 Å². The topological polar surface area (TPSA) is 63.8 Å². The number of aromatic nitrogens is 4. The quantitative estimate of drug-likeness (QED) is 0.351. The monoisotopic (exact) mass is 510 g/mol. The van der Waals surface area contributed by atoms with E-state index in [1.54, 1.807) is 41.6 Å². The van der Waals surface area contributed by atoms with Crippen molar-refractivity contribution < 1.29 is 22.7 Å². The highest BCUT2D eigenvalue weighted by molar-refractivity contribution is 5.82. The van der Waals surface area contributed by atoms with Crippen LogP contribution in [0, 0.1) is 11.7 Å². The molecule has 0 unspecified atom stereocenters. The highest BCUT2D eigenvalue weighted by Gasteiger charge is 2.61. The molecule has 0 radical (unpaired) electrons. The first-order chi connectivity index (χ1) is 17.7. The van der Waals surface area contributed by atoms with Gasteiger partial charge in [0.2, 0.25) is 0 Å². The van der Waals surface area contributed by atoms with Gasteiger partial charge in [-0.3, -0.25) is 9.97 Å². The van der Waals surface area contributed by atoms with Gasteiger partial charge < -0.3 is 5.11 Å². The van der Waals surface area contributed by atoms with Crippen LogP contribution in [0.25, 0.3) is 16.6 Å². The number of fused-ring (bicyclic) bond motifs is 4. The third-order valence-electron chi connectivity index (χ3n) is 8.39. The minimum absolute atomic E-state index is 0.189. The van der Waals surface area contributed by atoms with E-state index in [9.17, 15) is 22.7 Å². The molecule has 6 rings (SSSR count). The van der Waals surface area contributed by atoms with Crippen LogP contribution >= 0.6 is 0 Å². The van der Waals surface area contributed by atoms with Gasteiger partial charge in [0.05, 0.1) is 23.1 Å². The Morgan fingerprint density at radius 3 is 2.59 bits per heavy atom. The van der Waals surface area contributed by atoms with E-state index in [0.717, 1.165) is 33.4 Å². The molecule has 4 aromatic rings. The fraction of sp³-hybridized carbons (Fsp3) is 0.393. The third kappa shape index (κ3) is 4.00. The summed E-state index contributed by atoms with van der Waals surface area (Å²) in [6.07, 6.45) is 3.86. The van der Waals surface area contributed by atoms with Gasteiger partial charge in [-0.05, 0) is 92.0 Å². The first kappa shape index (κ1) is 24.0. The molecular weight excluding hydrogens is 484 g/mol. The molecule has 2 aliphatic rings. The lowest BCUT2D eigenvalue weighted by Gasteiger charge is -2.50. The molecule has 0 aliphatic heterocycles. The Morgan fingerprint density at radius 1 is 1.05 bits per heavy atom. The Labute approximate surface area is 211 Å². The number of nitrogens with zero attached hydrogens (tertiary/aromatic N) is 4. The number of benzene rings is 2. The van der Waals surface area contributed by atoms with Crippen LogP contribution in [0.1, 0.15) is 48.9 Å². The van der Waals surface area contributed by atoms with Crippen LogP contribution in [0.2, 0.25) is 0 Å². The van der Waals surface area contributed by atoms with Gasteiger partial charge in [-0.15, -0.1) is 0 Å². The first-order valence-electron chi connectivity index (χ1n) is 12.5. The van der Waals surface area contributed by atoms with Gasteiger partial charge in [0, 0.05) is 35.8 Å². The zero-order valence-corrected chi connectivity index (χ0v) is 20.0. The molecule has 9 heteroatoms. The number of hydrogen-bond acceptors (Lipinski definition) is 4. The Balaban J connectivity index is 1.50. The largest absolute Gasteiger partial charge is 0.417 e. The predicted molar refractivity (Wildman–Crippen MR) is 130 cm³/mol. The summed E-state index contributed by atoms with van der Waals surface area (Å²) in [5.41, 5.74) is 1.08. The predicted octanol–water partition coefficient (Wildman–Crippen LogP) is 5.86. The molecule has 1 fully saturated rings. The van der Waals surface area contributed by atoms with E-state index in [0.29, 0.717) is 25.7 Å². The van der Waals surface area contributed by atoms with E-state index >= 15 is 0 Å². The van der Waals surface area contributed by atoms with Crippen molar-refractivity contribution in [1.82, 2.24) is 19.7 Å². The molecule has 37 heavy (non-hydrogen) atoms. The van der Waals surface area contributed by atoms with Gasteiger partial charge in [0.25, 0.3) is 0 Å². The minimum atomic E-state index is -4.68. The molecule has 0 bridgehead atoms. The first-order valence-corrected chi connectivity index (χ1v) is 12.5. The van der Waals surface area contributed by atoms with Crippen molar-refractivity contribution in [1.29, 1.82) is 0 Å². The van der Waals surface area contributed by atoms with E-state index in [2.05, 4.69) is 27.2 Å². The van der Waals surface area contributed by atoms with Gasteiger partial charge in [0.15, 0.2) is 5.60 Å². The van der Waals surface area contributed by atoms with Gasteiger partial charge >= 0.3 is 6.18 Å². The van der Waals surface area contributed by atoms with Crippen LogP contribution in [0.4, 0.5) is 17.6 Å². The van der Waals surface area contributed by atoms with Crippen molar-refractivity contribution >= 4 is 10.9 Å². The summed E-state index contributed by atoms with van der Waals surface area (Å²) in [5, 5.41) is 16.1. The number of alkyl halides is 3. The molecule has 0 amide bonds. The normalized spacial score (nSPS) is 25.9. The number of aryl methyl sites for hydroxylation is 1. The molecule has 192 valence electrons. The highest BCUT2D eigenvalue weighted by atomic mass is 19.4. The summed E-state index contributed by atoms with van der Waals surface area (Å²) in [6.45, 7) is 0. The van der Waals surface area contributed by atoms with Gasteiger partial charge in [-0.25, -0.2) is 9.07 Å². The summed E-state index contributed by atoms with van der Waals surface area (Å²) in [6, 6.07) is 10.2. The average Bonchev–Trinajstić information content (AvgIpc) is 3.22. The third-order valence-corrected chi connectivity index (χ3v) is 8.39. The number of hydrogen-bond donors (Lipinski definition) is 1. The summed E-state index contributed by atoms with van der Waals surface area (Å²) < 4.78 is 57.0. The molecule has 2 aromatic heterocycles. The molecular formula is C28H26F4N4O. The Hall–Kier alpha value is -3.33. The fourth-order valence-electron chi connectivity index (χ4n) is 6.52. The lowest BCUT2D eigenvalue weighted by molar-refractivity contribution is -0.279. The minimum Gasteiger partial charge on any atom is -0.380 e. The summed E-state index contributed by atoms with van der Waals surface area (Å²) in [5.74, 6) is -0.706. The van der Waals surface area contributed by atoms with Crippen molar-refractivity contribution in [3.8, 4) is 5.69 Å². The Bertz CT molecular complexity index is 1440. The molecule has 1 saturated carbocycles. The molecule has 2 heterocycles. The average molecular weight is 511 g/mol. The molecule has 0 saturated heterocycles. The van der Waals surface area contributed by atoms with E-state index in [1.165, 1.54) is 12.1 Å². The van der Waals surface area contributed by atoms with E-state index < -0.39 is 17.2 Å². The second-order valence-electron chi connectivity index (χ2n) is 10.5. The zero-order chi connectivity index (χ0) is 25.8. The number of rotatable bonds is 3. The van der Waals surface area contributed by atoms with Crippen LogP contribution in [-0.2, 0) is 18.3 Å². The summed E-state index contributed by atoms with van der Waals surface area (Å²) in [7, 11) is 0. The van der Waals surface area contributed by atoms with Crippen molar-refractivity contribution in [2.75, 3.05) is 0 Å². The van der Waals surface area contributed by atoms with Crippen LogP contribution in [-0.4, -0.2) is 36.6 Å². The lowest BCUT2D eigenvalue weighted by atomic mass is 9.56. The van der Waals surface area contributed by atoms with Gasteiger partial charge in [-0.1, -0.05) is 0 Å². The maximum atomic E-state index is 13.9. The highest BCUT2D eigenvalue weighted by Crippen LogP contribution is 2.56. The zero-order valence-electron chi connectivity index (χ0n) is 20.0. The summed E-state index contributed by atoms with van der Waals surface area (Å²) >= 11 is 0. The van der Waals surface area contributed by atoms with Crippen molar-refractivity contribution in [2.45, 2.75) is 62.1 Å². The molecule has 5 nitrogen and oxygen atoms in total. The van der Waals surface area contributed by atoms with E-state index in [-0.39, 0.29) is 31.0 Å². The van der Waals surface area contributed by atoms with Gasteiger partial charge in [-0.2, -0.15) is 18.3 Å². The molecule has 2 aliphatic carbocycles. The maximum Gasteiger partial charge on any atom is 0.417 e. The van der Waals surface area contributed by atoms with Crippen LogP contribution < -0.4 is 0 Å². The molecule has 3 atom stereocenters. The maximum absolute atomic E-state index is 13.9. The molecule has 2 aromatic carbocycles. The standard InChI is InChI=1S/C28H26F4N4O/c29-21-4-6-23(7-5-21)36-25-13-18-2-1-3-20-14-27(37,28(30,31)32)9-8-26(20,15-22-17-33-10-11-34-22)24(18)12-19(25)16-35-36/h4-7,10-13,16-17,20,37H,1-3,8-9,14-15H2/t20-,26-,27-/m0/s1. The SMILES string of the molecule is O[C@@]1(C(F)(F)F)CC[C@@]2(Cc3cnccn3)c3cc4cnn(-c5ccc(F)cc5)c4cc3CCC[C@H]2C1. The number of aliphatic hydroxyl groups is 1. The number of halogens is 4. The van der Waals surface area contributed by atoms with Crippen LogP contribution in [0.15, 0.2) is 61.2 Å². The summed E-state index contributed by atoms with van der Waals surface area (Å²) in [4.78, 5) is 8.66. The lowest BCUT2D eigenvalue weighted by Crippen LogP contribution is -2.55. The fourth-order valence-corrected chi connectivity index (χ4v) is 6.52. The molecule has 0 spiro atoms. The van der Waals surface area contributed by atoms with Crippen molar-refractivity contribution in [3.63, 3.8) is 0 Å².